The third-order valence-electron chi connectivity index (χ3n) is 4.91. The third-order valence-corrected chi connectivity index (χ3v) is 4.91. The number of carbonyl (C=O) groups is 3. The van der Waals surface area contributed by atoms with Crippen molar-refractivity contribution in [3.8, 4) is 0 Å². The molecule has 176 valence electrons. The monoisotopic (exact) mass is 450 g/mol. The van der Waals surface area contributed by atoms with Crippen LogP contribution in [-0.4, -0.2) is 79.3 Å². The van der Waals surface area contributed by atoms with Crippen LogP contribution in [0.3, 0.4) is 0 Å². The zero-order valence-corrected chi connectivity index (χ0v) is 18.2. The van der Waals surface area contributed by atoms with Crippen molar-refractivity contribution in [2.75, 3.05) is 39.5 Å². The summed E-state index contributed by atoms with van der Waals surface area (Å²) in [6.07, 6.45) is -0.943. The molecule has 0 spiro atoms. The van der Waals surface area contributed by atoms with E-state index in [1.165, 1.54) is 11.0 Å². The Balaban J connectivity index is 2.19. The first-order valence-corrected chi connectivity index (χ1v) is 10.4. The van der Waals surface area contributed by atoms with E-state index in [-0.39, 0.29) is 52.5 Å². The summed E-state index contributed by atoms with van der Waals surface area (Å²) in [7, 11) is 0. The van der Waals surface area contributed by atoms with E-state index in [2.05, 4.69) is 11.9 Å². The summed E-state index contributed by atoms with van der Waals surface area (Å²) < 4.78 is 21.2. The lowest BCUT2D eigenvalue weighted by molar-refractivity contribution is -0.179. The van der Waals surface area contributed by atoms with Crippen LogP contribution in [-0.2, 0) is 35.1 Å². The van der Waals surface area contributed by atoms with Crippen LogP contribution < -0.4 is 5.32 Å². The average Bonchev–Trinajstić information content (AvgIpc) is 2.80. The molecule has 1 aromatic carbocycles. The van der Waals surface area contributed by atoms with Gasteiger partial charge in [-0.1, -0.05) is 43.0 Å². The fraction of sp³-hybridized carbons (Fsp3) is 0.500. The van der Waals surface area contributed by atoms with Crippen molar-refractivity contribution < 1.29 is 38.4 Å². The molecule has 1 saturated heterocycles. The fourth-order valence-corrected chi connectivity index (χ4v) is 3.37. The first kappa shape index (κ1) is 25.3. The highest BCUT2D eigenvalue weighted by molar-refractivity contribution is 6.04. The van der Waals surface area contributed by atoms with E-state index < -0.39 is 29.8 Å². The molecule has 32 heavy (non-hydrogen) atoms. The van der Waals surface area contributed by atoms with Gasteiger partial charge >= 0.3 is 18.0 Å². The number of benzene rings is 1. The van der Waals surface area contributed by atoms with Crippen molar-refractivity contribution in [1.29, 1.82) is 0 Å². The molecule has 0 saturated carbocycles. The molecular weight excluding hydrogens is 420 g/mol. The van der Waals surface area contributed by atoms with E-state index in [0.29, 0.717) is 0 Å². The Kier molecular flexibility index (Phi) is 10.1. The number of carbonyl (C=O) groups excluding carboxylic acids is 2. The zero-order valence-electron chi connectivity index (χ0n) is 18.2. The summed E-state index contributed by atoms with van der Waals surface area (Å²) in [5.41, 5.74) is -1.30. The Hall–Kier alpha value is -2.95. The Morgan fingerprint density at radius 1 is 1.25 bits per heavy atom. The minimum Gasteiger partial charge on any atom is -0.479 e. The highest BCUT2D eigenvalue weighted by Crippen LogP contribution is 2.27. The number of aliphatic carboxylic acids is 1. The number of nitrogens with zero attached hydrogens (tertiary/aromatic N) is 1. The number of ether oxygens (including phenoxy) is 4. The van der Waals surface area contributed by atoms with Crippen molar-refractivity contribution >= 4 is 18.0 Å². The van der Waals surface area contributed by atoms with E-state index in [9.17, 15) is 19.5 Å². The van der Waals surface area contributed by atoms with Gasteiger partial charge in [-0.05, 0) is 12.5 Å². The van der Waals surface area contributed by atoms with E-state index in [4.69, 9.17) is 18.9 Å². The summed E-state index contributed by atoms with van der Waals surface area (Å²) in [6.45, 7) is 6.15. The summed E-state index contributed by atoms with van der Waals surface area (Å²) in [5.74, 6) is -2.37. The Labute approximate surface area is 187 Å². The molecule has 1 amide bonds. The molecule has 2 N–H and O–H groups in total. The standard InChI is InChI=1S/C22H30N2O8/c1-3-12-31-20(27)22(19(25)26,24-10-13-29-14-11-24)15-18(30-4-2)23-21(28)32-16-17-8-6-5-7-9-17/h3,5-9,18H,1,4,10-16H2,2H3,(H,23,28)(H,25,26). The van der Waals surface area contributed by atoms with Gasteiger partial charge in [-0.3, -0.25) is 10.2 Å². The van der Waals surface area contributed by atoms with E-state index in [1.807, 2.05) is 18.2 Å². The van der Waals surface area contributed by atoms with E-state index in [1.54, 1.807) is 19.1 Å². The number of amides is 1. The largest absolute Gasteiger partial charge is 0.479 e. The molecule has 0 radical (unpaired) electrons. The predicted molar refractivity (Wildman–Crippen MR) is 114 cm³/mol. The molecule has 10 heteroatoms. The maximum absolute atomic E-state index is 13.0. The molecule has 2 unspecified atom stereocenters. The lowest BCUT2D eigenvalue weighted by Crippen LogP contribution is -2.65. The SMILES string of the molecule is C=CCOC(=O)C(CC(NC(=O)OCc1ccccc1)OCC)(C(=O)O)N1CCOCC1. The highest BCUT2D eigenvalue weighted by atomic mass is 16.6. The summed E-state index contributed by atoms with van der Waals surface area (Å²) in [4.78, 5) is 39.3. The number of alkyl carbamates (subject to hydrolysis) is 1. The van der Waals surface area contributed by atoms with Crippen LogP contribution in [0.4, 0.5) is 4.79 Å². The van der Waals surface area contributed by atoms with Crippen LogP contribution in [0.5, 0.6) is 0 Å². The number of hydrogen-bond donors (Lipinski definition) is 2. The topological polar surface area (TPSA) is 124 Å². The van der Waals surface area contributed by atoms with Crippen LogP contribution in [0.2, 0.25) is 0 Å². The van der Waals surface area contributed by atoms with Crippen LogP contribution in [0.1, 0.15) is 18.9 Å². The molecular formula is C22H30N2O8. The minimum atomic E-state index is -2.08. The second-order valence-electron chi connectivity index (χ2n) is 7.01. The maximum atomic E-state index is 13.0. The van der Waals surface area contributed by atoms with Crippen molar-refractivity contribution in [2.24, 2.45) is 0 Å². The zero-order chi connectivity index (χ0) is 23.4. The van der Waals surface area contributed by atoms with Crippen molar-refractivity contribution in [3.63, 3.8) is 0 Å². The van der Waals surface area contributed by atoms with Crippen molar-refractivity contribution in [2.45, 2.75) is 31.7 Å². The molecule has 0 bridgehead atoms. The smallest absolute Gasteiger partial charge is 0.409 e. The third kappa shape index (κ3) is 6.78. The molecule has 2 atom stereocenters. The summed E-state index contributed by atoms with van der Waals surface area (Å²) >= 11 is 0. The predicted octanol–water partition coefficient (Wildman–Crippen LogP) is 1.55. The van der Waals surface area contributed by atoms with Gasteiger partial charge in [-0.2, -0.15) is 0 Å². The van der Waals surface area contributed by atoms with Crippen molar-refractivity contribution in [1.82, 2.24) is 10.2 Å². The van der Waals surface area contributed by atoms with Gasteiger partial charge in [0.15, 0.2) is 0 Å². The second-order valence-corrected chi connectivity index (χ2v) is 7.01. The summed E-state index contributed by atoms with van der Waals surface area (Å²) in [5, 5.41) is 12.7. The van der Waals surface area contributed by atoms with Gasteiger partial charge < -0.3 is 24.1 Å². The molecule has 0 aliphatic carbocycles. The normalized spacial score (nSPS) is 16.9. The maximum Gasteiger partial charge on any atom is 0.409 e. The van der Waals surface area contributed by atoms with Crippen molar-refractivity contribution in [3.05, 3.63) is 48.6 Å². The number of carboxylic acids is 1. The van der Waals surface area contributed by atoms with Gasteiger partial charge in [0, 0.05) is 26.1 Å². The molecule has 1 fully saturated rings. The average molecular weight is 450 g/mol. The first-order valence-electron chi connectivity index (χ1n) is 10.4. The number of rotatable bonds is 12. The Morgan fingerprint density at radius 3 is 2.53 bits per heavy atom. The minimum absolute atomic E-state index is 0.0282. The highest BCUT2D eigenvalue weighted by Gasteiger charge is 2.54. The van der Waals surface area contributed by atoms with E-state index in [0.717, 1.165) is 5.56 Å². The van der Waals surface area contributed by atoms with E-state index >= 15 is 0 Å². The quantitative estimate of drug-likeness (QED) is 0.211. The lowest BCUT2D eigenvalue weighted by atomic mass is 9.91. The lowest BCUT2D eigenvalue weighted by Gasteiger charge is -2.41. The first-order chi connectivity index (χ1) is 15.4. The molecule has 0 aromatic heterocycles. The molecule has 1 aromatic rings. The van der Waals surface area contributed by atoms with Gasteiger partial charge in [-0.25, -0.2) is 14.4 Å². The van der Waals surface area contributed by atoms with Gasteiger partial charge in [0.05, 0.1) is 13.2 Å². The van der Waals surface area contributed by atoms with Crippen LogP contribution in [0.15, 0.2) is 43.0 Å². The number of hydrogen-bond acceptors (Lipinski definition) is 8. The van der Waals surface area contributed by atoms with Crippen LogP contribution in [0.25, 0.3) is 0 Å². The molecule has 10 nitrogen and oxygen atoms in total. The number of esters is 1. The molecule has 1 heterocycles. The molecule has 1 aliphatic rings. The van der Waals surface area contributed by atoms with Gasteiger partial charge in [0.2, 0.25) is 5.54 Å². The fourth-order valence-electron chi connectivity index (χ4n) is 3.37. The van der Waals surface area contributed by atoms with Gasteiger partial charge in [0.25, 0.3) is 0 Å². The molecule has 2 rings (SSSR count). The Morgan fingerprint density at radius 2 is 1.94 bits per heavy atom. The number of nitrogens with one attached hydrogen (secondary N) is 1. The van der Waals surface area contributed by atoms with Crippen LogP contribution >= 0.6 is 0 Å². The Bertz CT molecular complexity index is 766. The van der Waals surface area contributed by atoms with Crippen LogP contribution in [0, 0.1) is 0 Å². The van der Waals surface area contributed by atoms with Gasteiger partial charge in [0.1, 0.15) is 19.4 Å². The van der Waals surface area contributed by atoms with Gasteiger partial charge in [-0.15, -0.1) is 0 Å². The number of morpholine rings is 1. The molecule has 1 aliphatic heterocycles. The second kappa shape index (κ2) is 12.8. The summed E-state index contributed by atoms with van der Waals surface area (Å²) in [6, 6.07) is 9.08. The number of carboxylic acid groups (broad SMARTS) is 1.